The van der Waals surface area contributed by atoms with E-state index >= 15 is 0 Å². The molecule has 4 rings (SSSR count). The lowest BCUT2D eigenvalue weighted by atomic mass is 10.1. The van der Waals surface area contributed by atoms with E-state index in [4.69, 9.17) is 4.52 Å². The van der Waals surface area contributed by atoms with Crippen molar-refractivity contribution >= 4 is 27.3 Å². The number of carbonyl (C=O) groups excluding carboxylic acids is 1. The smallest absolute Gasteiger partial charge is 0.276 e. The zero-order chi connectivity index (χ0) is 17.8. The maximum atomic E-state index is 12.8. The number of thiazole rings is 1. The third kappa shape index (κ3) is 2.87. The van der Waals surface area contributed by atoms with Gasteiger partial charge < -0.3 is 9.42 Å². The highest BCUT2D eigenvalue weighted by Gasteiger charge is 2.52. The van der Waals surface area contributed by atoms with Gasteiger partial charge in [-0.05, 0) is 13.8 Å². The normalized spacial score (nSPS) is 25.4. The van der Waals surface area contributed by atoms with Crippen LogP contribution in [0, 0.1) is 19.8 Å². The zero-order valence-electron chi connectivity index (χ0n) is 13.9. The minimum atomic E-state index is -3.44. The second kappa shape index (κ2) is 5.89. The first-order valence-electron chi connectivity index (χ1n) is 7.97. The lowest BCUT2D eigenvalue weighted by Crippen LogP contribution is -2.36. The van der Waals surface area contributed by atoms with Gasteiger partial charge in [-0.25, -0.2) is 13.4 Å². The van der Waals surface area contributed by atoms with E-state index in [1.807, 2.05) is 12.3 Å². The summed E-state index contributed by atoms with van der Waals surface area (Å²) in [6.07, 6.45) is 0. The van der Waals surface area contributed by atoms with Gasteiger partial charge in [-0.1, -0.05) is 5.16 Å². The molecule has 0 saturated carbocycles. The Labute approximate surface area is 149 Å². The molecule has 2 unspecified atom stereocenters. The summed E-state index contributed by atoms with van der Waals surface area (Å²) < 4.78 is 32.1. The Morgan fingerprint density at radius 3 is 2.76 bits per heavy atom. The fourth-order valence-electron chi connectivity index (χ4n) is 3.52. The van der Waals surface area contributed by atoms with Crippen LogP contribution in [0.1, 0.15) is 27.0 Å². The first kappa shape index (κ1) is 16.7. The Morgan fingerprint density at radius 2 is 2.16 bits per heavy atom. The van der Waals surface area contributed by atoms with Crippen molar-refractivity contribution < 1.29 is 17.7 Å². The van der Waals surface area contributed by atoms with E-state index in [0.29, 0.717) is 25.4 Å². The number of hydrogen-bond acceptors (Lipinski definition) is 7. The van der Waals surface area contributed by atoms with Gasteiger partial charge in [0.15, 0.2) is 5.69 Å². The summed E-state index contributed by atoms with van der Waals surface area (Å²) in [4.78, 5) is 18.4. The van der Waals surface area contributed by atoms with Gasteiger partial charge in [0.25, 0.3) is 5.91 Å². The van der Waals surface area contributed by atoms with Gasteiger partial charge in [-0.2, -0.15) is 4.31 Å². The maximum Gasteiger partial charge on any atom is 0.276 e. The van der Waals surface area contributed by atoms with Crippen LogP contribution in [-0.4, -0.2) is 58.6 Å². The molecule has 0 N–H and O–H groups in total. The molecule has 2 aromatic heterocycles. The Bertz CT molecular complexity index is 920. The second-order valence-corrected chi connectivity index (χ2v) is 9.74. The number of carbonyl (C=O) groups is 1. The van der Waals surface area contributed by atoms with Crippen molar-refractivity contribution in [1.82, 2.24) is 19.3 Å². The molecule has 2 atom stereocenters. The summed E-state index contributed by atoms with van der Waals surface area (Å²) in [5.41, 5.74) is 1.00. The molecule has 134 valence electrons. The largest absolute Gasteiger partial charge is 0.361 e. The standard InChI is InChI=1S/C15H18N4O4S2/c1-9-3-13(17-23-9)15(20)18-4-11-5-19(25(21,22)14(11)7-18)6-12-8-24-10(2)16-12/h3,8,11,14H,4-7H2,1-2H3. The van der Waals surface area contributed by atoms with Gasteiger partial charge in [0, 0.05) is 37.0 Å². The van der Waals surface area contributed by atoms with E-state index in [-0.39, 0.29) is 24.1 Å². The molecule has 10 heteroatoms. The van der Waals surface area contributed by atoms with Crippen molar-refractivity contribution in [3.8, 4) is 0 Å². The summed E-state index contributed by atoms with van der Waals surface area (Å²) >= 11 is 1.51. The Kier molecular flexibility index (Phi) is 3.93. The summed E-state index contributed by atoms with van der Waals surface area (Å²) in [5.74, 6) is 0.199. The van der Waals surface area contributed by atoms with Gasteiger partial charge in [0.1, 0.15) is 5.76 Å². The van der Waals surface area contributed by atoms with Crippen LogP contribution in [-0.2, 0) is 16.6 Å². The average molecular weight is 382 g/mol. The molecular formula is C15H18N4O4S2. The van der Waals surface area contributed by atoms with E-state index < -0.39 is 15.3 Å². The third-order valence-corrected chi connectivity index (χ3v) is 7.82. The minimum absolute atomic E-state index is 0.0818. The van der Waals surface area contributed by atoms with Crippen LogP contribution in [0.25, 0.3) is 0 Å². The summed E-state index contributed by atoms with van der Waals surface area (Å²) in [7, 11) is -3.44. The number of aryl methyl sites for hydroxylation is 2. The first-order chi connectivity index (χ1) is 11.8. The SMILES string of the molecule is Cc1cc(C(=O)N2CC3CN(Cc4csc(C)n4)S(=O)(=O)C3C2)no1. The second-order valence-electron chi connectivity index (χ2n) is 6.53. The van der Waals surface area contributed by atoms with Crippen LogP contribution in [0.3, 0.4) is 0 Å². The highest BCUT2D eigenvalue weighted by Crippen LogP contribution is 2.35. The number of sulfonamides is 1. The van der Waals surface area contributed by atoms with Gasteiger partial charge in [-0.15, -0.1) is 11.3 Å². The molecule has 25 heavy (non-hydrogen) atoms. The summed E-state index contributed by atoms with van der Waals surface area (Å²) in [5, 5.41) is 5.99. The van der Waals surface area contributed by atoms with Crippen molar-refractivity contribution in [1.29, 1.82) is 0 Å². The van der Waals surface area contributed by atoms with Crippen LogP contribution in [0.15, 0.2) is 16.0 Å². The molecule has 2 aliphatic heterocycles. The molecule has 2 fully saturated rings. The minimum Gasteiger partial charge on any atom is -0.361 e. The third-order valence-electron chi connectivity index (χ3n) is 4.70. The van der Waals surface area contributed by atoms with E-state index in [0.717, 1.165) is 10.7 Å². The Balaban J connectivity index is 1.48. The number of aromatic nitrogens is 2. The van der Waals surface area contributed by atoms with Crippen LogP contribution >= 0.6 is 11.3 Å². The summed E-state index contributed by atoms with van der Waals surface area (Å²) in [6.45, 7) is 4.95. The highest BCUT2D eigenvalue weighted by molar-refractivity contribution is 7.90. The van der Waals surface area contributed by atoms with Crippen molar-refractivity contribution in [2.75, 3.05) is 19.6 Å². The topological polar surface area (TPSA) is 96.6 Å². The molecule has 0 radical (unpaired) electrons. The molecule has 2 saturated heterocycles. The maximum absolute atomic E-state index is 12.8. The molecule has 1 amide bonds. The van der Waals surface area contributed by atoms with Crippen molar-refractivity contribution in [3.05, 3.63) is 33.6 Å². The Hall–Kier alpha value is -1.78. The van der Waals surface area contributed by atoms with Crippen LogP contribution in [0.4, 0.5) is 0 Å². The van der Waals surface area contributed by atoms with Gasteiger partial charge >= 0.3 is 0 Å². The van der Waals surface area contributed by atoms with Gasteiger partial charge in [0.05, 0.1) is 22.5 Å². The molecule has 2 aromatic rings. The number of rotatable bonds is 3. The number of fused-ring (bicyclic) bond motifs is 1. The predicted octanol–water partition coefficient (Wildman–Crippen LogP) is 1.03. The van der Waals surface area contributed by atoms with E-state index in [9.17, 15) is 13.2 Å². The van der Waals surface area contributed by atoms with E-state index in [2.05, 4.69) is 10.1 Å². The van der Waals surface area contributed by atoms with Crippen LogP contribution < -0.4 is 0 Å². The predicted molar refractivity (Wildman–Crippen MR) is 90.6 cm³/mol. The van der Waals surface area contributed by atoms with E-state index in [1.54, 1.807) is 17.9 Å². The monoisotopic (exact) mass is 382 g/mol. The number of likely N-dealkylation sites (tertiary alicyclic amines) is 1. The number of nitrogens with zero attached hydrogens (tertiary/aromatic N) is 4. The first-order valence-corrected chi connectivity index (χ1v) is 10.4. The van der Waals surface area contributed by atoms with Gasteiger partial charge in [0.2, 0.25) is 10.0 Å². The molecule has 2 aliphatic rings. The van der Waals surface area contributed by atoms with Crippen LogP contribution in [0.5, 0.6) is 0 Å². The lowest BCUT2D eigenvalue weighted by molar-refractivity contribution is 0.0774. The van der Waals surface area contributed by atoms with Crippen molar-refractivity contribution in [2.45, 2.75) is 25.6 Å². The highest BCUT2D eigenvalue weighted by atomic mass is 32.2. The molecule has 0 bridgehead atoms. The van der Waals surface area contributed by atoms with Crippen molar-refractivity contribution in [2.24, 2.45) is 5.92 Å². The zero-order valence-corrected chi connectivity index (χ0v) is 15.5. The molecule has 0 aliphatic carbocycles. The molecule has 0 aromatic carbocycles. The molecule has 8 nitrogen and oxygen atoms in total. The van der Waals surface area contributed by atoms with Crippen LogP contribution in [0.2, 0.25) is 0 Å². The molecular weight excluding hydrogens is 364 g/mol. The van der Waals surface area contributed by atoms with Gasteiger partial charge in [-0.3, -0.25) is 4.79 Å². The fraction of sp³-hybridized carbons (Fsp3) is 0.533. The van der Waals surface area contributed by atoms with E-state index in [1.165, 1.54) is 15.6 Å². The molecule has 0 spiro atoms. The summed E-state index contributed by atoms with van der Waals surface area (Å²) in [6, 6.07) is 1.57. The average Bonchev–Trinajstić information content (AvgIpc) is 3.29. The molecule has 4 heterocycles. The lowest BCUT2D eigenvalue weighted by Gasteiger charge is -2.20. The number of amides is 1. The van der Waals surface area contributed by atoms with Crippen molar-refractivity contribution in [3.63, 3.8) is 0 Å². The quantitative estimate of drug-likeness (QED) is 0.787. The fourth-order valence-corrected chi connectivity index (χ4v) is 6.25. The number of hydrogen-bond donors (Lipinski definition) is 0. The Morgan fingerprint density at radius 1 is 1.36 bits per heavy atom.